The van der Waals surface area contributed by atoms with Crippen LogP contribution in [-0.4, -0.2) is 43.3 Å². The number of methoxy groups -OCH3 is 1. The van der Waals surface area contributed by atoms with Gasteiger partial charge < -0.3 is 15.0 Å². The van der Waals surface area contributed by atoms with Crippen LogP contribution in [0, 0.1) is 0 Å². The molecule has 0 bridgehead atoms. The molecule has 0 unspecified atom stereocenters. The Balaban J connectivity index is 2.30. The molecule has 5 nitrogen and oxygen atoms in total. The fourth-order valence-electron chi connectivity index (χ4n) is 1.73. The van der Waals surface area contributed by atoms with E-state index < -0.39 is 11.9 Å². The number of alkyl halides is 3. The number of ether oxygens (including phenoxy) is 1. The van der Waals surface area contributed by atoms with Crippen molar-refractivity contribution in [1.29, 1.82) is 0 Å². The van der Waals surface area contributed by atoms with Gasteiger partial charge in [-0.2, -0.15) is 13.2 Å². The number of hydrogen-bond donors (Lipinski definition) is 1. The highest BCUT2D eigenvalue weighted by atomic mass is 19.4. The van der Waals surface area contributed by atoms with Gasteiger partial charge in [0.05, 0.1) is 13.3 Å². The molecular formula is C10H13F3N4O. The lowest BCUT2D eigenvalue weighted by Crippen LogP contribution is -2.44. The van der Waals surface area contributed by atoms with E-state index in [-0.39, 0.29) is 5.88 Å². The number of anilines is 1. The van der Waals surface area contributed by atoms with Crippen molar-refractivity contribution in [3.63, 3.8) is 0 Å². The molecule has 1 aliphatic rings. The Morgan fingerprint density at radius 3 is 2.56 bits per heavy atom. The Hall–Kier alpha value is -1.57. The predicted molar refractivity (Wildman–Crippen MR) is 58.7 cm³/mol. The summed E-state index contributed by atoms with van der Waals surface area (Å²) in [4.78, 5) is 9.15. The fourth-order valence-corrected chi connectivity index (χ4v) is 1.73. The third kappa shape index (κ3) is 2.63. The lowest BCUT2D eigenvalue weighted by Gasteiger charge is -2.29. The molecule has 0 amide bonds. The maximum absolute atomic E-state index is 12.5. The molecule has 0 saturated carbocycles. The monoisotopic (exact) mass is 262 g/mol. The lowest BCUT2D eigenvalue weighted by atomic mass is 10.3. The average molecular weight is 262 g/mol. The third-order valence-electron chi connectivity index (χ3n) is 2.62. The molecule has 2 rings (SSSR count). The molecule has 2 heterocycles. The van der Waals surface area contributed by atoms with Crippen LogP contribution in [0.4, 0.5) is 19.0 Å². The first-order valence-corrected chi connectivity index (χ1v) is 5.46. The quantitative estimate of drug-likeness (QED) is 0.858. The normalized spacial score (nSPS) is 16.8. The highest BCUT2D eigenvalue weighted by Crippen LogP contribution is 2.31. The van der Waals surface area contributed by atoms with Crippen LogP contribution in [0.1, 0.15) is 5.69 Å². The first-order valence-electron chi connectivity index (χ1n) is 5.46. The second kappa shape index (κ2) is 4.97. The number of hydrogen-bond acceptors (Lipinski definition) is 5. The molecule has 0 aromatic carbocycles. The molecule has 0 spiro atoms. The van der Waals surface area contributed by atoms with Gasteiger partial charge in [0.15, 0.2) is 11.5 Å². The first kappa shape index (κ1) is 12.9. The topological polar surface area (TPSA) is 50.3 Å². The van der Waals surface area contributed by atoms with Gasteiger partial charge in [0.25, 0.3) is 5.88 Å². The van der Waals surface area contributed by atoms with Gasteiger partial charge in [-0.25, -0.2) is 9.97 Å². The van der Waals surface area contributed by atoms with Gasteiger partial charge in [0.1, 0.15) is 0 Å². The van der Waals surface area contributed by atoms with Gasteiger partial charge >= 0.3 is 6.18 Å². The lowest BCUT2D eigenvalue weighted by molar-refractivity contribution is -0.141. The molecular weight excluding hydrogens is 249 g/mol. The van der Waals surface area contributed by atoms with E-state index in [0.29, 0.717) is 18.9 Å². The minimum Gasteiger partial charge on any atom is -0.478 e. The van der Waals surface area contributed by atoms with E-state index in [4.69, 9.17) is 4.74 Å². The molecule has 8 heteroatoms. The summed E-state index contributed by atoms with van der Waals surface area (Å²) < 4.78 is 42.4. The molecule has 1 N–H and O–H groups in total. The summed E-state index contributed by atoms with van der Waals surface area (Å²) in [5, 5.41) is 3.15. The molecule has 1 aromatic heterocycles. The van der Waals surface area contributed by atoms with Crippen LogP contribution in [0.15, 0.2) is 6.20 Å². The molecule has 1 saturated heterocycles. The zero-order valence-corrected chi connectivity index (χ0v) is 9.79. The fraction of sp³-hybridized carbons (Fsp3) is 0.600. The van der Waals surface area contributed by atoms with E-state index in [0.717, 1.165) is 19.3 Å². The standard InChI is InChI=1S/C10H13F3N4O/c1-18-9-8(17-4-2-14-3-5-17)15-6-7(16-9)10(11,12)13/h6,14H,2-5H2,1H3. The SMILES string of the molecule is COc1nc(C(F)(F)F)cnc1N1CCNCC1. The molecule has 1 aliphatic heterocycles. The number of halogens is 3. The second-order valence-electron chi connectivity index (χ2n) is 3.82. The van der Waals surface area contributed by atoms with Gasteiger partial charge in [-0.15, -0.1) is 0 Å². The predicted octanol–water partition coefficient (Wildman–Crippen LogP) is 0.914. The maximum atomic E-state index is 12.5. The molecule has 1 aromatic rings. The van der Waals surface area contributed by atoms with E-state index in [1.54, 1.807) is 0 Å². The van der Waals surface area contributed by atoms with Gasteiger partial charge in [-0.1, -0.05) is 0 Å². The zero-order chi connectivity index (χ0) is 13.2. The summed E-state index contributed by atoms with van der Waals surface area (Å²) in [7, 11) is 1.29. The Morgan fingerprint density at radius 1 is 1.33 bits per heavy atom. The smallest absolute Gasteiger partial charge is 0.435 e. The van der Waals surface area contributed by atoms with Gasteiger partial charge in [-0.05, 0) is 0 Å². The number of nitrogens with zero attached hydrogens (tertiary/aromatic N) is 3. The molecule has 100 valence electrons. The van der Waals surface area contributed by atoms with E-state index in [2.05, 4.69) is 15.3 Å². The number of nitrogens with one attached hydrogen (secondary N) is 1. The van der Waals surface area contributed by atoms with Crippen molar-refractivity contribution >= 4 is 5.82 Å². The van der Waals surface area contributed by atoms with Crippen LogP contribution in [0.5, 0.6) is 5.88 Å². The highest BCUT2D eigenvalue weighted by molar-refractivity contribution is 5.49. The summed E-state index contributed by atoms with van der Waals surface area (Å²) in [6.07, 6.45) is -3.78. The van der Waals surface area contributed by atoms with Crippen LogP contribution >= 0.6 is 0 Å². The van der Waals surface area contributed by atoms with Crippen LogP contribution in [0.3, 0.4) is 0 Å². The molecule has 1 fully saturated rings. The van der Waals surface area contributed by atoms with E-state index in [9.17, 15) is 13.2 Å². The van der Waals surface area contributed by atoms with Crippen molar-refractivity contribution in [2.45, 2.75) is 6.18 Å². The Kier molecular flexibility index (Phi) is 3.55. The van der Waals surface area contributed by atoms with Crippen molar-refractivity contribution in [1.82, 2.24) is 15.3 Å². The van der Waals surface area contributed by atoms with Crippen LogP contribution in [0.2, 0.25) is 0 Å². The van der Waals surface area contributed by atoms with Crippen molar-refractivity contribution in [3.05, 3.63) is 11.9 Å². The minimum absolute atomic E-state index is 0.0910. The molecule has 0 aliphatic carbocycles. The number of aromatic nitrogens is 2. The summed E-state index contributed by atoms with van der Waals surface area (Å²) in [5.41, 5.74) is -1.04. The van der Waals surface area contributed by atoms with Gasteiger partial charge in [0, 0.05) is 26.2 Å². The third-order valence-corrected chi connectivity index (χ3v) is 2.62. The van der Waals surface area contributed by atoms with E-state index in [1.807, 2.05) is 4.90 Å². The Morgan fingerprint density at radius 2 is 2.00 bits per heavy atom. The zero-order valence-electron chi connectivity index (χ0n) is 9.79. The summed E-state index contributed by atoms with van der Waals surface area (Å²) >= 11 is 0. The highest BCUT2D eigenvalue weighted by Gasteiger charge is 2.34. The number of rotatable bonds is 2. The van der Waals surface area contributed by atoms with Crippen molar-refractivity contribution in [2.75, 3.05) is 38.2 Å². The van der Waals surface area contributed by atoms with Crippen LogP contribution in [-0.2, 0) is 6.18 Å². The second-order valence-corrected chi connectivity index (χ2v) is 3.82. The largest absolute Gasteiger partial charge is 0.478 e. The van der Waals surface area contributed by atoms with Gasteiger partial charge in [0.2, 0.25) is 0 Å². The average Bonchev–Trinajstić information content (AvgIpc) is 2.38. The van der Waals surface area contributed by atoms with E-state index >= 15 is 0 Å². The van der Waals surface area contributed by atoms with Gasteiger partial charge in [-0.3, -0.25) is 0 Å². The first-order chi connectivity index (χ1) is 8.52. The van der Waals surface area contributed by atoms with Crippen molar-refractivity contribution < 1.29 is 17.9 Å². The van der Waals surface area contributed by atoms with Crippen molar-refractivity contribution in [2.24, 2.45) is 0 Å². The maximum Gasteiger partial charge on any atom is 0.435 e. The van der Waals surface area contributed by atoms with Crippen LogP contribution < -0.4 is 15.0 Å². The van der Waals surface area contributed by atoms with E-state index in [1.165, 1.54) is 7.11 Å². The van der Waals surface area contributed by atoms with Crippen LogP contribution in [0.25, 0.3) is 0 Å². The molecule has 0 atom stereocenters. The Bertz CT molecular complexity index is 418. The summed E-state index contributed by atoms with van der Waals surface area (Å²) in [5.74, 6) is 0.263. The summed E-state index contributed by atoms with van der Waals surface area (Å²) in [6.45, 7) is 2.84. The minimum atomic E-state index is -4.51. The van der Waals surface area contributed by atoms with Crippen molar-refractivity contribution in [3.8, 4) is 5.88 Å². The Labute approximate surface area is 102 Å². The molecule has 18 heavy (non-hydrogen) atoms. The summed E-state index contributed by atoms with van der Waals surface area (Å²) in [6, 6.07) is 0. The molecule has 0 radical (unpaired) electrons. The number of piperazine rings is 1.